The van der Waals surface area contributed by atoms with Gasteiger partial charge >= 0.3 is 0 Å². The summed E-state index contributed by atoms with van der Waals surface area (Å²) in [7, 11) is 0. The summed E-state index contributed by atoms with van der Waals surface area (Å²) in [6.45, 7) is 0.354. The number of hydrogen-bond donors (Lipinski definition) is 3. The third-order valence-corrected chi connectivity index (χ3v) is 3.69. The fourth-order valence-corrected chi connectivity index (χ4v) is 2.30. The number of benzene rings is 2. The molecule has 0 spiro atoms. The second-order valence-electron chi connectivity index (χ2n) is 5.32. The number of carbonyl (C=O) groups excluding carboxylic acids is 3. The Kier molecular flexibility index (Phi) is 6.54. The number of rotatable bonds is 7. The highest BCUT2D eigenvalue weighted by Crippen LogP contribution is 2.14. The average Bonchev–Trinajstić information content (AvgIpc) is 2.59. The lowest BCUT2D eigenvalue weighted by Crippen LogP contribution is -2.25. The summed E-state index contributed by atoms with van der Waals surface area (Å²) >= 11 is 5.77. The standard InChI is InChI=1S/C18H18ClN3O3/c19-13-9-7-12(8-10-13)18(25)21-11-3-6-16(23)22-15-5-2-1-4-14(15)17(20)24/h1-2,4-5,7-10H,3,6,11H2,(H2,20,24)(H,21,25)(H,22,23). The van der Waals surface area contributed by atoms with Crippen LogP contribution in [0.5, 0.6) is 0 Å². The molecule has 0 aliphatic heterocycles. The SMILES string of the molecule is NC(=O)c1ccccc1NC(=O)CCCNC(=O)c1ccc(Cl)cc1. The molecule has 0 saturated carbocycles. The van der Waals surface area contributed by atoms with Crippen LogP contribution in [0.15, 0.2) is 48.5 Å². The Labute approximate surface area is 150 Å². The Balaban J connectivity index is 1.76. The molecule has 0 heterocycles. The summed E-state index contributed by atoms with van der Waals surface area (Å²) in [6.07, 6.45) is 0.665. The number of para-hydroxylation sites is 1. The number of nitrogens with two attached hydrogens (primary N) is 1. The van der Waals surface area contributed by atoms with Gasteiger partial charge in [0.25, 0.3) is 11.8 Å². The van der Waals surface area contributed by atoms with Crippen LogP contribution >= 0.6 is 11.6 Å². The molecule has 0 aliphatic rings. The fraction of sp³-hybridized carbons (Fsp3) is 0.167. The lowest BCUT2D eigenvalue weighted by atomic mass is 10.1. The van der Waals surface area contributed by atoms with Gasteiger partial charge in [0.2, 0.25) is 5.91 Å². The monoisotopic (exact) mass is 359 g/mol. The van der Waals surface area contributed by atoms with E-state index in [-0.39, 0.29) is 23.8 Å². The average molecular weight is 360 g/mol. The molecule has 0 aromatic heterocycles. The lowest BCUT2D eigenvalue weighted by molar-refractivity contribution is -0.116. The quantitative estimate of drug-likeness (QED) is 0.662. The summed E-state index contributed by atoms with van der Waals surface area (Å²) in [6, 6.07) is 13.1. The maximum absolute atomic E-state index is 11.9. The van der Waals surface area contributed by atoms with E-state index in [1.165, 1.54) is 0 Å². The largest absolute Gasteiger partial charge is 0.366 e. The summed E-state index contributed by atoms with van der Waals surface area (Å²) in [5.41, 5.74) is 6.40. The van der Waals surface area contributed by atoms with Gasteiger partial charge in [-0.3, -0.25) is 14.4 Å². The predicted octanol–water partition coefficient (Wildman–Crippen LogP) is 2.59. The molecule has 6 nitrogen and oxygen atoms in total. The fourth-order valence-electron chi connectivity index (χ4n) is 2.17. The van der Waals surface area contributed by atoms with E-state index in [1.807, 2.05) is 0 Å². The Bertz CT molecular complexity index is 775. The molecule has 0 saturated heterocycles. The molecule has 130 valence electrons. The molecular formula is C18H18ClN3O3. The van der Waals surface area contributed by atoms with E-state index in [0.29, 0.717) is 29.2 Å². The number of halogens is 1. The van der Waals surface area contributed by atoms with Crippen molar-refractivity contribution in [3.63, 3.8) is 0 Å². The van der Waals surface area contributed by atoms with Gasteiger partial charge in [0.05, 0.1) is 11.3 Å². The molecule has 2 rings (SSSR count). The first-order valence-corrected chi connectivity index (χ1v) is 8.07. The van der Waals surface area contributed by atoms with Crippen LogP contribution in [0.4, 0.5) is 5.69 Å². The molecule has 0 aliphatic carbocycles. The Morgan fingerprint density at radius 2 is 1.68 bits per heavy atom. The minimum atomic E-state index is -0.605. The van der Waals surface area contributed by atoms with E-state index in [0.717, 1.165) is 0 Å². The van der Waals surface area contributed by atoms with Crippen molar-refractivity contribution in [2.75, 3.05) is 11.9 Å². The Morgan fingerprint density at radius 1 is 1.00 bits per heavy atom. The molecule has 4 N–H and O–H groups in total. The molecule has 3 amide bonds. The van der Waals surface area contributed by atoms with Crippen LogP contribution in [0.3, 0.4) is 0 Å². The van der Waals surface area contributed by atoms with E-state index in [2.05, 4.69) is 10.6 Å². The molecule has 0 atom stereocenters. The number of nitrogens with one attached hydrogen (secondary N) is 2. The number of hydrogen-bond acceptors (Lipinski definition) is 3. The van der Waals surface area contributed by atoms with Crippen LogP contribution in [-0.4, -0.2) is 24.3 Å². The van der Waals surface area contributed by atoms with Gasteiger partial charge in [-0.2, -0.15) is 0 Å². The van der Waals surface area contributed by atoms with E-state index >= 15 is 0 Å². The van der Waals surface area contributed by atoms with Crippen LogP contribution in [0.1, 0.15) is 33.6 Å². The first-order chi connectivity index (χ1) is 12.0. The van der Waals surface area contributed by atoms with E-state index in [1.54, 1.807) is 48.5 Å². The molecule has 2 aromatic carbocycles. The molecular weight excluding hydrogens is 342 g/mol. The minimum absolute atomic E-state index is 0.202. The van der Waals surface area contributed by atoms with Gasteiger partial charge in [-0.05, 0) is 42.8 Å². The minimum Gasteiger partial charge on any atom is -0.366 e. The van der Waals surface area contributed by atoms with Crippen molar-refractivity contribution in [1.29, 1.82) is 0 Å². The summed E-state index contributed by atoms with van der Waals surface area (Å²) in [5.74, 6) is -1.09. The van der Waals surface area contributed by atoms with Crippen LogP contribution < -0.4 is 16.4 Å². The molecule has 0 unspecified atom stereocenters. The van der Waals surface area contributed by atoms with Gasteiger partial charge in [-0.1, -0.05) is 23.7 Å². The van der Waals surface area contributed by atoms with Gasteiger partial charge in [-0.25, -0.2) is 0 Å². The van der Waals surface area contributed by atoms with Gasteiger partial charge in [0.15, 0.2) is 0 Å². The van der Waals surface area contributed by atoms with Crippen molar-refractivity contribution in [2.24, 2.45) is 5.73 Å². The van der Waals surface area contributed by atoms with E-state index in [9.17, 15) is 14.4 Å². The van der Waals surface area contributed by atoms with Crippen molar-refractivity contribution in [3.05, 3.63) is 64.7 Å². The third kappa shape index (κ3) is 5.61. The highest BCUT2D eigenvalue weighted by Gasteiger charge is 2.10. The van der Waals surface area contributed by atoms with Crippen LogP contribution in [-0.2, 0) is 4.79 Å². The molecule has 0 fully saturated rings. The first-order valence-electron chi connectivity index (χ1n) is 7.70. The number of anilines is 1. The molecule has 7 heteroatoms. The number of carbonyl (C=O) groups is 3. The van der Waals surface area contributed by atoms with Gasteiger partial charge < -0.3 is 16.4 Å². The number of amides is 3. The van der Waals surface area contributed by atoms with Gasteiger partial charge in [0.1, 0.15) is 0 Å². The molecule has 0 bridgehead atoms. The first kappa shape index (κ1) is 18.5. The van der Waals surface area contributed by atoms with E-state index < -0.39 is 5.91 Å². The second kappa shape index (κ2) is 8.84. The molecule has 2 aromatic rings. The van der Waals surface area contributed by atoms with E-state index in [4.69, 9.17) is 17.3 Å². The second-order valence-corrected chi connectivity index (χ2v) is 5.76. The van der Waals surface area contributed by atoms with Crippen molar-refractivity contribution in [1.82, 2.24) is 5.32 Å². The zero-order chi connectivity index (χ0) is 18.2. The zero-order valence-corrected chi connectivity index (χ0v) is 14.2. The normalized spacial score (nSPS) is 10.1. The Hall–Kier alpha value is -2.86. The lowest BCUT2D eigenvalue weighted by Gasteiger charge is -2.09. The van der Waals surface area contributed by atoms with Crippen molar-refractivity contribution in [3.8, 4) is 0 Å². The van der Waals surface area contributed by atoms with Crippen molar-refractivity contribution >= 4 is 35.0 Å². The molecule has 25 heavy (non-hydrogen) atoms. The maximum atomic E-state index is 11.9. The summed E-state index contributed by atoms with van der Waals surface area (Å²) < 4.78 is 0. The zero-order valence-electron chi connectivity index (χ0n) is 13.4. The van der Waals surface area contributed by atoms with Crippen LogP contribution in [0, 0.1) is 0 Å². The third-order valence-electron chi connectivity index (χ3n) is 3.44. The van der Waals surface area contributed by atoms with Crippen molar-refractivity contribution in [2.45, 2.75) is 12.8 Å². The van der Waals surface area contributed by atoms with Crippen LogP contribution in [0.25, 0.3) is 0 Å². The van der Waals surface area contributed by atoms with Gasteiger partial charge in [-0.15, -0.1) is 0 Å². The summed E-state index contributed by atoms with van der Waals surface area (Å²) in [4.78, 5) is 35.2. The number of primary amides is 1. The smallest absolute Gasteiger partial charge is 0.251 e. The summed E-state index contributed by atoms with van der Waals surface area (Å²) in [5, 5.41) is 5.94. The molecule has 0 radical (unpaired) electrons. The van der Waals surface area contributed by atoms with Gasteiger partial charge in [0, 0.05) is 23.6 Å². The highest BCUT2D eigenvalue weighted by atomic mass is 35.5. The highest BCUT2D eigenvalue weighted by molar-refractivity contribution is 6.30. The Morgan fingerprint density at radius 3 is 2.36 bits per heavy atom. The topological polar surface area (TPSA) is 101 Å². The van der Waals surface area contributed by atoms with Crippen molar-refractivity contribution < 1.29 is 14.4 Å². The maximum Gasteiger partial charge on any atom is 0.251 e. The predicted molar refractivity (Wildman–Crippen MR) is 96.6 cm³/mol. The van der Waals surface area contributed by atoms with Crippen LogP contribution in [0.2, 0.25) is 5.02 Å².